The van der Waals surface area contributed by atoms with Crippen molar-refractivity contribution in [2.75, 3.05) is 24.5 Å². The van der Waals surface area contributed by atoms with Crippen LogP contribution in [0.3, 0.4) is 0 Å². The molecular weight excluding hydrogens is 410 g/mol. The molecule has 0 unspecified atom stereocenters. The van der Waals surface area contributed by atoms with Gasteiger partial charge in [0.25, 0.3) is 0 Å². The second-order valence-corrected chi connectivity index (χ2v) is 6.88. The Hall–Kier alpha value is -0.960. The highest BCUT2D eigenvalue weighted by molar-refractivity contribution is 7.22. The van der Waals surface area contributed by atoms with Gasteiger partial charge < -0.3 is 15.0 Å². The van der Waals surface area contributed by atoms with Crippen LogP contribution in [0.2, 0.25) is 0 Å². The zero-order valence-corrected chi connectivity index (χ0v) is 16.7. The molecule has 148 valence electrons. The van der Waals surface area contributed by atoms with Crippen molar-refractivity contribution >= 4 is 51.5 Å². The quantitative estimate of drug-likeness (QED) is 0.721. The molecular formula is C16H22Cl2F3N3OS. The van der Waals surface area contributed by atoms with Crippen molar-refractivity contribution in [2.24, 2.45) is 0 Å². The number of benzene rings is 1. The average molecular weight is 432 g/mol. The van der Waals surface area contributed by atoms with E-state index in [9.17, 15) is 13.2 Å². The molecule has 4 nitrogen and oxygen atoms in total. The number of alkyl halides is 3. The van der Waals surface area contributed by atoms with E-state index >= 15 is 0 Å². The van der Waals surface area contributed by atoms with Gasteiger partial charge in [-0.05, 0) is 18.6 Å². The zero-order valence-electron chi connectivity index (χ0n) is 14.2. The standard InChI is InChI=1S/C16H20F3N3OS.2ClH/c1-2-3-4-11-10-20-7-8-22(11)15-21-13-6-5-12(9-14(13)24-15)23-16(17,18)19;;/h5-6,9,11,20H,2-4,7-8,10H2,1H3;2*1H/t11-;;/m1../s1. The fourth-order valence-corrected chi connectivity index (χ4v) is 4.01. The molecule has 1 aromatic heterocycles. The monoisotopic (exact) mass is 431 g/mol. The van der Waals surface area contributed by atoms with Gasteiger partial charge in [0.05, 0.1) is 10.2 Å². The van der Waals surface area contributed by atoms with Gasteiger partial charge in [-0.25, -0.2) is 4.98 Å². The highest BCUT2D eigenvalue weighted by atomic mass is 35.5. The van der Waals surface area contributed by atoms with Gasteiger partial charge in [0, 0.05) is 31.7 Å². The van der Waals surface area contributed by atoms with Crippen LogP contribution >= 0.6 is 36.2 Å². The van der Waals surface area contributed by atoms with E-state index in [1.807, 2.05) is 0 Å². The van der Waals surface area contributed by atoms with E-state index in [0.717, 1.165) is 44.0 Å². The van der Waals surface area contributed by atoms with Crippen molar-refractivity contribution in [1.29, 1.82) is 0 Å². The lowest BCUT2D eigenvalue weighted by Gasteiger charge is -2.36. The molecule has 3 rings (SSSR count). The van der Waals surface area contributed by atoms with E-state index in [4.69, 9.17) is 0 Å². The molecule has 0 spiro atoms. The summed E-state index contributed by atoms with van der Waals surface area (Å²) < 4.78 is 41.8. The molecule has 1 aliphatic rings. The highest BCUT2D eigenvalue weighted by Crippen LogP contribution is 2.34. The molecule has 1 atom stereocenters. The number of nitrogens with zero attached hydrogens (tertiary/aromatic N) is 2. The molecule has 26 heavy (non-hydrogen) atoms. The molecule has 1 N–H and O–H groups in total. The number of halogens is 5. The van der Waals surface area contributed by atoms with Crippen molar-refractivity contribution < 1.29 is 17.9 Å². The maximum Gasteiger partial charge on any atom is 0.573 e. The maximum atomic E-state index is 12.4. The second-order valence-electron chi connectivity index (χ2n) is 5.87. The van der Waals surface area contributed by atoms with Gasteiger partial charge >= 0.3 is 6.36 Å². The molecule has 0 saturated carbocycles. The van der Waals surface area contributed by atoms with Crippen molar-refractivity contribution in [3.8, 4) is 5.75 Å². The number of hydrogen-bond donors (Lipinski definition) is 1. The summed E-state index contributed by atoms with van der Waals surface area (Å²) in [5, 5.41) is 4.27. The number of rotatable bonds is 5. The molecule has 2 aromatic rings. The first-order valence-corrected chi connectivity index (χ1v) is 8.91. The third-order valence-electron chi connectivity index (χ3n) is 4.07. The Kier molecular flexibility index (Phi) is 8.72. The molecule has 10 heteroatoms. The Morgan fingerprint density at radius 1 is 1.35 bits per heavy atom. The van der Waals surface area contributed by atoms with Crippen LogP contribution in [-0.4, -0.2) is 37.0 Å². The Labute approximate surface area is 166 Å². The summed E-state index contributed by atoms with van der Waals surface area (Å²) in [4.78, 5) is 6.89. The Bertz CT molecular complexity index is 699. The predicted molar refractivity (Wildman–Crippen MR) is 104 cm³/mol. The number of aromatic nitrogens is 1. The van der Waals surface area contributed by atoms with Gasteiger partial charge in [-0.3, -0.25) is 0 Å². The smallest absolute Gasteiger partial charge is 0.406 e. The van der Waals surface area contributed by atoms with Crippen LogP contribution in [0.25, 0.3) is 10.2 Å². The molecule has 0 radical (unpaired) electrons. The summed E-state index contributed by atoms with van der Waals surface area (Å²) in [6.07, 6.45) is -1.30. The summed E-state index contributed by atoms with van der Waals surface area (Å²) in [7, 11) is 0. The molecule has 2 heterocycles. The zero-order chi connectivity index (χ0) is 17.2. The van der Waals surface area contributed by atoms with Gasteiger partial charge in [-0.2, -0.15) is 0 Å². The van der Waals surface area contributed by atoms with Crippen LogP contribution in [0.4, 0.5) is 18.3 Å². The number of nitrogens with one attached hydrogen (secondary N) is 1. The van der Waals surface area contributed by atoms with Crippen molar-refractivity contribution in [3.63, 3.8) is 0 Å². The minimum Gasteiger partial charge on any atom is -0.406 e. The summed E-state index contributed by atoms with van der Waals surface area (Å²) in [5.74, 6) is -0.201. The van der Waals surface area contributed by atoms with Crippen LogP contribution in [0.1, 0.15) is 26.2 Å². The average Bonchev–Trinajstić information content (AvgIpc) is 2.94. The first-order valence-electron chi connectivity index (χ1n) is 8.10. The number of fused-ring (bicyclic) bond motifs is 1. The van der Waals surface area contributed by atoms with E-state index in [-0.39, 0.29) is 30.6 Å². The van der Waals surface area contributed by atoms with Crippen molar-refractivity contribution in [2.45, 2.75) is 38.6 Å². The molecule has 1 aliphatic heterocycles. The SMILES string of the molecule is CCCC[C@@H]1CNCCN1c1nc2ccc(OC(F)(F)F)cc2s1.Cl.Cl. The van der Waals surface area contributed by atoms with Crippen LogP contribution in [0, 0.1) is 0 Å². The number of piperazine rings is 1. The molecule has 0 bridgehead atoms. The van der Waals surface area contributed by atoms with Gasteiger partial charge in [-0.1, -0.05) is 31.1 Å². The first kappa shape index (κ1) is 23.1. The van der Waals surface area contributed by atoms with E-state index in [1.165, 1.54) is 23.5 Å². The van der Waals surface area contributed by atoms with Gasteiger partial charge in [0.2, 0.25) is 0 Å². The van der Waals surface area contributed by atoms with Crippen molar-refractivity contribution in [1.82, 2.24) is 10.3 Å². The first-order chi connectivity index (χ1) is 11.5. The molecule has 1 saturated heterocycles. The highest BCUT2D eigenvalue weighted by Gasteiger charge is 2.31. The van der Waals surface area contributed by atoms with Gasteiger partial charge in [0.1, 0.15) is 5.75 Å². The predicted octanol–water partition coefficient (Wildman–Crippen LogP) is 5.01. The fraction of sp³-hybridized carbons (Fsp3) is 0.562. The molecule has 1 fully saturated rings. The van der Waals surface area contributed by atoms with E-state index in [0.29, 0.717) is 16.3 Å². The number of hydrogen-bond acceptors (Lipinski definition) is 5. The van der Waals surface area contributed by atoms with Crippen LogP contribution < -0.4 is 15.0 Å². The number of ether oxygens (including phenoxy) is 1. The number of thiazole rings is 1. The van der Waals surface area contributed by atoms with E-state index in [2.05, 4.69) is 26.9 Å². The second kappa shape index (κ2) is 9.82. The van der Waals surface area contributed by atoms with Gasteiger partial charge in [0.15, 0.2) is 5.13 Å². The summed E-state index contributed by atoms with van der Waals surface area (Å²) >= 11 is 1.42. The van der Waals surface area contributed by atoms with Crippen LogP contribution in [0.15, 0.2) is 18.2 Å². The Morgan fingerprint density at radius 2 is 2.12 bits per heavy atom. The molecule has 0 amide bonds. The Morgan fingerprint density at radius 3 is 2.81 bits per heavy atom. The van der Waals surface area contributed by atoms with E-state index in [1.54, 1.807) is 6.07 Å². The fourth-order valence-electron chi connectivity index (χ4n) is 2.92. The lowest BCUT2D eigenvalue weighted by Crippen LogP contribution is -2.51. The summed E-state index contributed by atoms with van der Waals surface area (Å²) in [6, 6.07) is 4.68. The third kappa shape index (κ3) is 5.77. The number of unbranched alkanes of at least 4 members (excludes halogenated alkanes) is 1. The minimum atomic E-state index is -4.68. The maximum absolute atomic E-state index is 12.4. The lowest BCUT2D eigenvalue weighted by molar-refractivity contribution is -0.274. The third-order valence-corrected chi connectivity index (χ3v) is 5.12. The summed E-state index contributed by atoms with van der Waals surface area (Å²) in [6.45, 7) is 4.83. The van der Waals surface area contributed by atoms with Gasteiger partial charge in [-0.15, -0.1) is 38.0 Å². The lowest BCUT2D eigenvalue weighted by atomic mass is 10.1. The summed E-state index contributed by atoms with van der Waals surface area (Å²) in [5.41, 5.74) is 0.706. The largest absolute Gasteiger partial charge is 0.573 e. The van der Waals surface area contributed by atoms with Crippen molar-refractivity contribution in [3.05, 3.63) is 18.2 Å². The Balaban J connectivity index is 0.00000169. The van der Waals surface area contributed by atoms with E-state index < -0.39 is 6.36 Å². The normalized spacial score (nSPS) is 17.5. The van der Waals surface area contributed by atoms with Crippen LogP contribution in [0.5, 0.6) is 5.75 Å². The topological polar surface area (TPSA) is 37.4 Å². The molecule has 0 aliphatic carbocycles. The molecule has 1 aromatic carbocycles. The number of anilines is 1. The minimum absolute atomic E-state index is 0. The van der Waals surface area contributed by atoms with Crippen LogP contribution in [-0.2, 0) is 0 Å².